The average Bonchev–Trinajstić information content (AvgIpc) is 2.98. The van der Waals surface area contributed by atoms with E-state index in [0.29, 0.717) is 6.42 Å². The van der Waals surface area contributed by atoms with Crippen molar-refractivity contribution in [1.82, 2.24) is 9.38 Å². The fourth-order valence-corrected chi connectivity index (χ4v) is 2.99. The molecule has 0 aliphatic carbocycles. The van der Waals surface area contributed by atoms with Crippen molar-refractivity contribution >= 4 is 32.9 Å². The maximum Gasteiger partial charge on any atom is 0.137 e. The van der Waals surface area contributed by atoms with Crippen molar-refractivity contribution in [1.29, 1.82) is 5.26 Å². The number of pyridine rings is 1. The molecule has 0 bridgehead atoms. The van der Waals surface area contributed by atoms with Gasteiger partial charge in [0.1, 0.15) is 11.3 Å². The second kappa shape index (κ2) is 4.56. The predicted molar refractivity (Wildman–Crippen MR) is 75.5 cm³/mol. The molecular formula is C13H8BrN3S. The van der Waals surface area contributed by atoms with Gasteiger partial charge < -0.3 is 4.40 Å². The number of nitriles is 1. The van der Waals surface area contributed by atoms with Gasteiger partial charge in [-0.2, -0.15) is 5.26 Å². The van der Waals surface area contributed by atoms with Crippen LogP contribution in [0.5, 0.6) is 0 Å². The number of aromatic nitrogens is 2. The number of nitrogens with zero attached hydrogens (tertiary/aromatic N) is 3. The molecule has 0 fully saturated rings. The molecule has 0 aliphatic rings. The van der Waals surface area contributed by atoms with Crippen molar-refractivity contribution in [2.24, 2.45) is 0 Å². The maximum absolute atomic E-state index is 8.99. The Balaban J connectivity index is 2.31. The first-order chi connectivity index (χ1) is 8.79. The van der Waals surface area contributed by atoms with Crippen LogP contribution in [-0.4, -0.2) is 9.38 Å². The van der Waals surface area contributed by atoms with E-state index in [4.69, 9.17) is 5.26 Å². The normalized spacial score (nSPS) is 10.7. The first-order valence-electron chi connectivity index (χ1n) is 5.37. The number of hydrogen-bond donors (Lipinski definition) is 0. The first-order valence-corrected chi connectivity index (χ1v) is 7.04. The minimum absolute atomic E-state index is 0.352. The van der Waals surface area contributed by atoms with Crippen LogP contribution >= 0.6 is 27.3 Å². The monoisotopic (exact) mass is 317 g/mol. The summed E-state index contributed by atoms with van der Waals surface area (Å²) >= 11 is 5.09. The molecule has 0 aliphatic heterocycles. The minimum atomic E-state index is 0.352. The molecule has 3 aromatic rings. The van der Waals surface area contributed by atoms with Gasteiger partial charge in [-0.05, 0) is 39.5 Å². The summed E-state index contributed by atoms with van der Waals surface area (Å²) in [6.07, 6.45) is 2.30. The second-order valence-electron chi connectivity index (χ2n) is 3.79. The quantitative estimate of drug-likeness (QED) is 0.719. The van der Waals surface area contributed by atoms with Crippen molar-refractivity contribution in [3.8, 4) is 16.6 Å². The van der Waals surface area contributed by atoms with Crippen molar-refractivity contribution in [3.63, 3.8) is 0 Å². The minimum Gasteiger partial charge on any atom is -0.301 e. The predicted octanol–water partition coefficient (Wildman–Crippen LogP) is 3.89. The van der Waals surface area contributed by atoms with E-state index in [2.05, 4.69) is 27.0 Å². The highest BCUT2D eigenvalue weighted by Crippen LogP contribution is 2.29. The molecule has 3 heterocycles. The molecule has 3 nitrogen and oxygen atoms in total. The summed E-state index contributed by atoms with van der Waals surface area (Å²) in [7, 11) is 0. The number of imidazole rings is 1. The SMILES string of the molecule is N#CCc1c(-c2cccs2)nc2ccc(Br)cn12. The van der Waals surface area contributed by atoms with Crippen LogP contribution in [0.4, 0.5) is 0 Å². The van der Waals surface area contributed by atoms with Gasteiger partial charge in [0.2, 0.25) is 0 Å². The van der Waals surface area contributed by atoms with Crippen LogP contribution < -0.4 is 0 Å². The van der Waals surface area contributed by atoms with Gasteiger partial charge in [0.15, 0.2) is 0 Å². The van der Waals surface area contributed by atoms with Crippen LogP contribution in [-0.2, 0) is 6.42 Å². The van der Waals surface area contributed by atoms with Crippen molar-refractivity contribution < 1.29 is 0 Å². The molecule has 0 saturated heterocycles. The van der Waals surface area contributed by atoms with E-state index >= 15 is 0 Å². The Hall–Kier alpha value is -1.64. The number of fused-ring (bicyclic) bond motifs is 1. The van der Waals surface area contributed by atoms with E-state index in [-0.39, 0.29) is 0 Å². The molecule has 0 N–H and O–H groups in total. The Morgan fingerprint density at radius 2 is 2.28 bits per heavy atom. The van der Waals surface area contributed by atoms with Gasteiger partial charge >= 0.3 is 0 Å². The summed E-state index contributed by atoms with van der Waals surface area (Å²) in [6, 6.07) is 10.1. The Bertz CT molecular complexity index is 738. The van der Waals surface area contributed by atoms with E-state index in [0.717, 1.165) is 26.4 Å². The fraction of sp³-hybridized carbons (Fsp3) is 0.0769. The molecular weight excluding hydrogens is 310 g/mol. The number of halogens is 1. The van der Waals surface area contributed by atoms with Gasteiger partial charge in [0.25, 0.3) is 0 Å². The van der Waals surface area contributed by atoms with E-state index in [1.165, 1.54) is 0 Å². The van der Waals surface area contributed by atoms with Gasteiger partial charge in [0, 0.05) is 10.7 Å². The molecule has 3 rings (SSSR count). The van der Waals surface area contributed by atoms with Crippen LogP contribution in [0.15, 0.2) is 40.3 Å². The van der Waals surface area contributed by atoms with Gasteiger partial charge in [-0.15, -0.1) is 11.3 Å². The van der Waals surface area contributed by atoms with Crippen molar-refractivity contribution in [2.45, 2.75) is 6.42 Å². The lowest BCUT2D eigenvalue weighted by Gasteiger charge is -1.99. The van der Waals surface area contributed by atoms with Gasteiger partial charge in [-0.3, -0.25) is 0 Å². The topological polar surface area (TPSA) is 41.1 Å². The molecule has 0 aromatic carbocycles. The number of hydrogen-bond acceptors (Lipinski definition) is 3. The third kappa shape index (κ3) is 1.84. The zero-order valence-electron chi connectivity index (χ0n) is 9.30. The second-order valence-corrected chi connectivity index (χ2v) is 5.66. The zero-order valence-corrected chi connectivity index (χ0v) is 11.7. The van der Waals surface area contributed by atoms with Crippen LogP contribution in [0, 0.1) is 11.3 Å². The van der Waals surface area contributed by atoms with Crippen LogP contribution in [0.1, 0.15) is 5.69 Å². The van der Waals surface area contributed by atoms with Crippen molar-refractivity contribution in [3.05, 3.63) is 46.0 Å². The van der Waals surface area contributed by atoms with Gasteiger partial charge in [-0.1, -0.05) is 6.07 Å². The highest BCUT2D eigenvalue weighted by molar-refractivity contribution is 9.10. The number of thiophene rings is 1. The highest BCUT2D eigenvalue weighted by Gasteiger charge is 2.14. The molecule has 18 heavy (non-hydrogen) atoms. The van der Waals surface area contributed by atoms with E-state index in [9.17, 15) is 0 Å². The summed E-state index contributed by atoms with van der Waals surface area (Å²) < 4.78 is 2.95. The Morgan fingerprint density at radius 1 is 1.39 bits per heavy atom. The zero-order chi connectivity index (χ0) is 12.5. The summed E-state index contributed by atoms with van der Waals surface area (Å²) in [4.78, 5) is 5.71. The average molecular weight is 318 g/mol. The third-order valence-corrected chi connectivity index (χ3v) is 4.03. The Labute approximate surface area is 116 Å². The van der Waals surface area contributed by atoms with Crippen LogP contribution in [0.25, 0.3) is 16.2 Å². The molecule has 0 saturated carbocycles. The van der Waals surface area contributed by atoms with Gasteiger partial charge in [0.05, 0.1) is 23.1 Å². The molecule has 88 valence electrons. The summed E-state index contributed by atoms with van der Waals surface area (Å²) in [6.45, 7) is 0. The number of rotatable bonds is 2. The summed E-state index contributed by atoms with van der Waals surface area (Å²) in [5.74, 6) is 0. The summed E-state index contributed by atoms with van der Waals surface area (Å²) in [5, 5.41) is 11.0. The summed E-state index contributed by atoms with van der Waals surface area (Å²) in [5.41, 5.74) is 2.72. The maximum atomic E-state index is 8.99. The highest BCUT2D eigenvalue weighted by atomic mass is 79.9. The molecule has 0 radical (unpaired) electrons. The molecule has 0 spiro atoms. The lowest BCUT2D eigenvalue weighted by atomic mass is 10.2. The first kappa shape index (κ1) is 11.5. The largest absolute Gasteiger partial charge is 0.301 e. The molecule has 0 amide bonds. The van der Waals surface area contributed by atoms with Crippen molar-refractivity contribution in [2.75, 3.05) is 0 Å². The lowest BCUT2D eigenvalue weighted by molar-refractivity contribution is 1.05. The molecule has 5 heteroatoms. The molecule has 0 unspecified atom stereocenters. The van der Waals surface area contributed by atoms with Gasteiger partial charge in [-0.25, -0.2) is 4.98 Å². The van der Waals surface area contributed by atoms with E-state index in [1.54, 1.807) is 11.3 Å². The Morgan fingerprint density at radius 3 is 3.00 bits per heavy atom. The third-order valence-electron chi connectivity index (χ3n) is 2.68. The van der Waals surface area contributed by atoms with E-state index < -0.39 is 0 Å². The van der Waals surface area contributed by atoms with Crippen LogP contribution in [0.2, 0.25) is 0 Å². The lowest BCUT2D eigenvalue weighted by Crippen LogP contribution is -1.92. The molecule has 3 aromatic heterocycles. The Kier molecular flexibility index (Phi) is 2.90. The molecule has 0 atom stereocenters. The van der Waals surface area contributed by atoms with E-state index in [1.807, 2.05) is 40.2 Å². The standard InChI is InChI=1S/C13H8BrN3S/c14-9-3-4-12-16-13(11-2-1-7-18-11)10(5-6-15)17(12)8-9/h1-4,7-8H,5H2. The van der Waals surface area contributed by atoms with Crippen LogP contribution in [0.3, 0.4) is 0 Å². The smallest absolute Gasteiger partial charge is 0.137 e. The fourth-order valence-electron chi connectivity index (χ4n) is 1.92.